The van der Waals surface area contributed by atoms with E-state index in [9.17, 15) is 4.79 Å². The van der Waals surface area contributed by atoms with Gasteiger partial charge in [-0.1, -0.05) is 54.1 Å². The Bertz CT molecular complexity index is 1260. The van der Waals surface area contributed by atoms with Crippen molar-refractivity contribution >= 4 is 28.2 Å². The van der Waals surface area contributed by atoms with Crippen LogP contribution in [0, 0.1) is 0 Å². The van der Waals surface area contributed by atoms with Gasteiger partial charge in [0.05, 0.1) is 23.1 Å². The molecule has 0 saturated carbocycles. The van der Waals surface area contributed by atoms with Crippen LogP contribution in [0.5, 0.6) is 0 Å². The maximum Gasteiger partial charge on any atom is 0.292 e. The average molecular weight is 432 g/mol. The predicted molar refractivity (Wildman–Crippen MR) is 124 cm³/mol. The lowest BCUT2D eigenvalue weighted by molar-refractivity contribution is 0.250. The maximum atomic E-state index is 12.8. The van der Waals surface area contributed by atoms with Crippen molar-refractivity contribution in [3.05, 3.63) is 94.0 Å². The quantitative estimate of drug-likeness (QED) is 0.492. The maximum absolute atomic E-state index is 12.8. The Hall–Kier alpha value is -3.22. The first kappa shape index (κ1) is 19.7. The van der Waals surface area contributed by atoms with E-state index < -0.39 is 0 Å². The molecular formula is C24H22ClN5O. The summed E-state index contributed by atoms with van der Waals surface area (Å²) in [5.74, 6) is 0. The summed E-state index contributed by atoms with van der Waals surface area (Å²) < 4.78 is 1.34. The fourth-order valence-corrected chi connectivity index (χ4v) is 4.33. The van der Waals surface area contributed by atoms with Gasteiger partial charge in [0, 0.05) is 44.3 Å². The topological polar surface area (TPSA) is 54.3 Å². The van der Waals surface area contributed by atoms with Gasteiger partial charge in [0.15, 0.2) is 0 Å². The van der Waals surface area contributed by atoms with Crippen LogP contribution in [-0.2, 0) is 6.54 Å². The molecule has 156 valence electrons. The molecule has 2 aromatic carbocycles. The first-order valence-electron chi connectivity index (χ1n) is 10.3. The SMILES string of the molecule is O=c1c(Cl)c(N2CCN(Cc3cccc4cccnc34)CC2)cnn1-c1ccccc1. The van der Waals surface area contributed by atoms with E-state index in [0.29, 0.717) is 11.4 Å². The van der Waals surface area contributed by atoms with Crippen molar-refractivity contribution in [3.63, 3.8) is 0 Å². The van der Waals surface area contributed by atoms with Gasteiger partial charge in [-0.25, -0.2) is 0 Å². The number of pyridine rings is 1. The molecule has 2 aromatic heterocycles. The van der Waals surface area contributed by atoms with Crippen molar-refractivity contribution in [3.8, 4) is 5.69 Å². The number of para-hydroxylation sites is 2. The standard InChI is InChI=1S/C24H22ClN5O/c25-22-21(16-27-30(24(22)31)20-9-2-1-3-10-20)29-14-12-28(13-15-29)17-19-7-4-6-18-8-5-11-26-23(18)19/h1-11,16H,12-15,17H2. The number of rotatable bonds is 4. The third kappa shape index (κ3) is 3.92. The molecule has 0 N–H and O–H groups in total. The zero-order valence-electron chi connectivity index (χ0n) is 17.0. The molecule has 5 rings (SSSR count). The van der Waals surface area contributed by atoms with Crippen LogP contribution in [0.25, 0.3) is 16.6 Å². The smallest absolute Gasteiger partial charge is 0.292 e. The van der Waals surface area contributed by atoms with Gasteiger partial charge in [-0.15, -0.1) is 0 Å². The van der Waals surface area contributed by atoms with Crippen molar-refractivity contribution in [2.45, 2.75) is 6.54 Å². The van der Waals surface area contributed by atoms with E-state index in [1.165, 1.54) is 10.2 Å². The van der Waals surface area contributed by atoms with Crippen LogP contribution in [0.2, 0.25) is 5.02 Å². The minimum Gasteiger partial charge on any atom is -0.366 e. The van der Waals surface area contributed by atoms with E-state index >= 15 is 0 Å². The summed E-state index contributed by atoms with van der Waals surface area (Å²) in [5.41, 5.74) is 3.40. The molecule has 0 amide bonds. The molecule has 3 heterocycles. The van der Waals surface area contributed by atoms with E-state index in [1.54, 1.807) is 6.20 Å². The van der Waals surface area contributed by atoms with Crippen molar-refractivity contribution < 1.29 is 0 Å². The molecule has 0 aliphatic carbocycles. The molecule has 0 bridgehead atoms. The summed E-state index contributed by atoms with van der Waals surface area (Å²) >= 11 is 6.48. The van der Waals surface area contributed by atoms with Crippen molar-refractivity contribution in [1.82, 2.24) is 19.7 Å². The van der Waals surface area contributed by atoms with Crippen molar-refractivity contribution in [2.75, 3.05) is 31.1 Å². The Morgan fingerprint density at radius 2 is 1.68 bits per heavy atom. The van der Waals surface area contributed by atoms with Gasteiger partial charge in [-0.2, -0.15) is 9.78 Å². The van der Waals surface area contributed by atoms with Crippen LogP contribution < -0.4 is 10.5 Å². The number of fused-ring (bicyclic) bond motifs is 1. The van der Waals surface area contributed by atoms with Crippen LogP contribution in [0.3, 0.4) is 0 Å². The molecule has 1 fully saturated rings. The van der Waals surface area contributed by atoms with E-state index in [0.717, 1.165) is 43.6 Å². The van der Waals surface area contributed by atoms with Crippen LogP contribution in [0.4, 0.5) is 5.69 Å². The molecule has 0 radical (unpaired) electrons. The number of piperazine rings is 1. The van der Waals surface area contributed by atoms with Crippen LogP contribution in [0.15, 0.2) is 77.9 Å². The van der Waals surface area contributed by atoms with E-state index in [1.807, 2.05) is 42.6 Å². The van der Waals surface area contributed by atoms with Crippen LogP contribution in [0.1, 0.15) is 5.56 Å². The summed E-state index contributed by atoms with van der Waals surface area (Å²) in [7, 11) is 0. The lowest BCUT2D eigenvalue weighted by Crippen LogP contribution is -2.46. The molecule has 7 heteroatoms. The highest BCUT2D eigenvalue weighted by Crippen LogP contribution is 2.24. The summed E-state index contributed by atoms with van der Waals surface area (Å²) in [6, 6.07) is 19.7. The lowest BCUT2D eigenvalue weighted by Gasteiger charge is -2.36. The summed E-state index contributed by atoms with van der Waals surface area (Å²) in [4.78, 5) is 21.9. The molecule has 0 unspecified atom stereocenters. The molecule has 0 spiro atoms. The third-order valence-electron chi connectivity index (χ3n) is 5.72. The number of halogens is 1. The highest BCUT2D eigenvalue weighted by atomic mass is 35.5. The van der Waals surface area contributed by atoms with Gasteiger partial charge in [0.2, 0.25) is 0 Å². The van der Waals surface area contributed by atoms with Crippen molar-refractivity contribution in [1.29, 1.82) is 0 Å². The fourth-order valence-electron chi connectivity index (χ4n) is 4.08. The number of nitrogens with zero attached hydrogens (tertiary/aromatic N) is 5. The molecule has 6 nitrogen and oxygen atoms in total. The Morgan fingerprint density at radius 1 is 0.903 bits per heavy atom. The van der Waals surface area contributed by atoms with Crippen LogP contribution in [-0.4, -0.2) is 45.8 Å². The molecule has 1 aliphatic rings. The molecule has 1 aliphatic heterocycles. The zero-order chi connectivity index (χ0) is 21.2. The molecule has 4 aromatic rings. The zero-order valence-corrected chi connectivity index (χ0v) is 17.7. The number of aromatic nitrogens is 3. The van der Waals surface area contributed by atoms with Gasteiger partial charge >= 0.3 is 0 Å². The van der Waals surface area contributed by atoms with Gasteiger partial charge in [0.1, 0.15) is 5.02 Å². The largest absolute Gasteiger partial charge is 0.366 e. The van der Waals surface area contributed by atoms with E-state index in [2.05, 4.69) is 44.1 Å². The van der Waals surface area contributed by atoms with Gasteiger partial charge in [-0.3, -0.25) is 14.7 Å². The molecule has 31 heavy (non-hydrogen) atoms. The first-order chi connectivity index (χ1) is 15.2. The Balaban J connectivity index is 1.30. The van der Waals surface area contributed by atoms with Crippen molar-refractivity contribution in [2.24, 2.45) is 0 Å². The monoisotopic (exact) mass is 431 g/mol. The second kappa shape index (κ2) is 8.49. The molecule has 0 atom stereocenters. The number of anilines is 1. The second-order valence-corrected chi connectivity index (χ2v) is 8.03. The number of benzene rings is 2. The number of hydrogen-bond acceptors (Lipinski definition) is 5. The molecule has 1 saturated heterocycles. The Labute approximate surface area is 185 Å². The second-order valence-electron chi connectivity index (χ2n) is 7.65. The summed E-state index contributed by atoms with van der Waals surface area (Å²) in [5, 5.41) is 5.74. The first-order valence-corrected chi connectivity index (χ1v) is 10.7. The highest BCUT2D eigenvalue weighted by Gasteiger charge is 2.22. The predicted octanol–water partition coefficient (Wildman–Crippen LogP) is 3.76. The lowest BCUT2D eigenvalue weighted by atomic mass is 10.1. The van der Waals surface area contributed by atoms with Gasteiger partial charge in [0.25, 0.3) is 5.56 Å². The van der Waals surface area contributed by atoms with E-state index in [4.69, 9.17) is 11.6 Å². The number of hydrogen-bond donors (Lipinski definition) is 0. The normalized spacial score (nSPS) is 14.8. The van der Waals surface area contributed by atoms with Gasteiger partial charge < -0.3 is 4.90 Å². The fraction of sp³-hybridized carbons (Fsp3) is 0.208. The Morgan fingerprint density at radius 3 is 2.48 bits per heavy atom. The average Bonchev–Trinajstić information content (AvgIpc) is 2.82. The third-order valence-corrected chi connectivity index (χ3v) is 6.08. The molecular weight excluding hydrogens is 410 g/mol. The summed E-state index contributed by atoms with van der Waals surface area (Å²) in [6.07, 6.45) is 3.54. The Kier molecular flexibility index (Phi) is 5.40. The minimum atomic E-state index is -0.297. The van der Waals surface area contributed by atoms with E-state index in [-0.39, 0.29) is 10.6 Å². The van der Waals surface area contributed by atoms with Gasteiger partial charge in [-0.05, 0) is 23.8 Å². The summed E-state index contributed by atoms with van der Waals surface area (Å²) in [6.45, 7) is 4.18. The highest BCUT2D eigenvalue weighted by molar-refractivity contribution is 6.33. The van der Waals surface area contributed by atoms with Crippen LogP contribution >= 0.6 is 11.6 Å². The minimum absolute atomic E-state index is 0.213.